The van der Waals surface area contributed by atoms with E-state index in [1.165, 1.54) is 139 Å². The minimum absolute atomic E-state index is 0.0196. The van der Waals surface area contributed by atoms with E-state index in [1.807, 2.05) is 27.7 Å². The molecule has 46 heavy (non-hydrogen) atoms. The summed E-state index contributed by atoms with van der Waals surface area (Å²) in [6.07, 6.45) is 26.3. The van der Waals surface area contributed by atoms with Crippen LogP contribution in [0.5, 0.6) is 0 Å². The highest BCUT2D eigenvalue weighted by atomic mass is 32.2. The molecule has 0 saturated carbocycles. The van der Waals surface area contributed by atoms with E-state index in [0.717, 1.165) is 31.4 Å². The molecule has 0 aliphatic carbocycles. The summed E-state index contributed by atoms with van der Waals surface area (Å²) in [6.45, 7) is 11.9. The quantitative estimate of drug-likeness (QED) is 0.0419. The van der Waals surface area contributed by atoms with E-state index in [1.54, 1.807) is 23.5 Å². The molecule has 0 saturated heterocycles. The monoisotopic (exact) mass is 754 g/mol. The third-order valence-corrected chi connectivity index (χ3v) is 13.2. The first kappa shape index (κ1) is 46.5. The Bertz CT molecular complexity index is 752. The summed E-state index contributed by atoms with van der Waals surface area (Å²) in [5, 5.41) is 0. The van der Waals surface area contributed by atoms with Gasteiger partial charge in [-0.05, 0) is 52.0 Å². The summed E-state index contributed by atoms with van der Waals surface area (Å²) in [5.41, 5.74) is 0. The molecule has 0 aliphatic heterocycles. The SMILES string of the molecule is CCCCCCCCCCCCSC(=S)SC(C)(C)C(=O)OCCOC(=O)C(C)(C)SC(=S)SCCCCCCCCCCCC. The van der Waals surface area contributed by atoms with Gasteiger partial charge in [-0.25, -0.2) is 0 Å². The van der Waals surface area contributed by atoms with Crippen LogP contribution in [0.3, 0.4) is 0 Å². The highest BCUT2D eigenvalue weighted by Crippen LogP contribution is 2.34. The van der Waals surface area contributed by atoms with Crippen LogP contribution >= 0.6 is 71.5 Å². The first-order valence-electron chi connectivity index (χ1n) is 18.0. The van der Waals surface area contributed by atoms with Crippen molar-refractivity contribution in [3.05, 3.63) is 0 Å². The van der Waals surface area contributed by atoms with E-state index in [-0.39, 0.29) is 25.2 Å². The number of unbranched alkanes of at least 4 members (excludes halogenated alkanes) is 18. The van der Waals surface area contributed by atoms with E-state index in [0.29, 0.717) is 0 Å². The van der Waals surface area contributed by atoms with Crippen LogP contribution in [0.25, 0.3) is 0 Å². The van der Waals surface area contributed by atoms with Crippen LogP contribution in [0.2, 0.25) is 0 Å². The Labute approximate surface area is 311 Å². The van der Waals surface area contributed by atoms with E-state index in [2.05, 4.69) is 13.8 Å². The molecule has 0 rings (SSSR count). The first-order chi connectivity index (χ1) is 22.0. The van der Waals surface area contributed by atoms with E-state index >= 15 is 0 Å². The summed E-state index contributed by atoms with van der Waals surface area (Å²) >= 11 is 17.1. The zero-order chi connectivity index (χ0) is 34.5. The lowest BCUT2D eigenvalue weighted by Gasteiger charge is -2.23. The fraction of sp³-hybridized carbons (Fsp3) is 0.889. The molecular weight excluding hydrogens is 689 g/mol. The predicted octanol–water partition coefficient (Wildman–Crippen LogP) is 13.0. The van der Waals surface area contributed by atoms with Crippen molar-refractivity contribution in [3.8, 4) is 0 Å². The lowest BCUT2D eigenvalue weighted by atomic mass is 10.1. The summed E-state index contributed by atoms with van der Waals surface area (Å²) in [5.74, 6) is 1.26. The molecule has 0 atom stereocenters. The van der Waals surface area contributed by atoms with Crippen LogP contribution in [-0.4, -0.2) is 53.2 Å². The predicted molar refractivity (Wildman–Crippen MR) is 219 cm³/mol. The normalized spacial score (nSPS) is 11.9. The van der Waals surface area contributed by atoms with Crippen LogP contribution in [-0.2, 0) is 19.1 Å². The van der Waals surface area contributed by atoms with Gasteiger partial charge in [0.15, 0.2) is 0 Å². The fourth-order valence-electron chi connectivity index (χ4n) is 4.67. The van der Waals surface area contributed by atoms with Crippen LogP contribution in [0.15, 0.2) is 0 Å². The zero-order valence-electron chi connectivity index (χ0n) is 30.1. The van der Waals surface area contributed by atoms with Gasteiger partial charge in [-0.1, -0.05) is 177 Å². The van der Waals surface area contributed by atoms with Gasteiger partial charge in [-0.3, -0.25) is 9.59 Å². The van der Waals surface area contributed by atoms with Crippen molar-refractivity contribution in [2.75, 3.05) is 24.7 Å². The molecule has 0 bridgehead atoms. The highest BCUT2D eigenvalue weighted by Gasteiger charge is 2.33. The molecule has 0 aromatic carbocycles. The van der Waals surface area contributed by atoms with Crippen LogP contribution in [0, 0.1) is 0 Å². The largest absolute Gasteiger partial charge is 0.461 e. The summed E-state index contributed by atoms with van der Waals surface area (Å²) in [6, 6.07) is 0. The van der Waals surface area contributed by atoms with Crippen molar-refractivity contribution in [2.24, 2.45) is 0 Å². The molecule has 0 fully saturated rings. The van der Waals surface area contributed by atoms with Crippen molar-refractivity contribution >= 4 is 90.5 Å². The third kappa shape index (κ3) is 27.4. The molecule has 0 aromatic heterocycles. The maximum atomic E-state index is 12.7. The Balaban J connectivity index is 4.00. The highest BCUT2D eigenvalue weighted by molar-refractivity contribution is 8.48. The molecule has 0 amide bonds. The number of thioether (sulfide) groups is 4. The number of esters is 2. The Kier molecular flexibility index (Phi) is 30.7. The smallest absolute Gasteiger partial charge is 0.322 e. The Morgan fingerprint density at radius 3 is 1.02 bits per heavy atom. The number of thiocarbonyl (C=S) groups is 2. The molecular formula is C36H66O4S6. The summed E-state index contributed by atoms with van der Waals surface area (Å²) in [7, 11) is 0. The van der Waals surface area contributed by atoms with Crippen molar-refractivity contribution in [1.29, 1.82) is 0 Å². The van der Waals surface area contributed by atoms with Gasteiger partial charge in [0.05, 0.1) is 0 Å². The van der Waals surface area contributed by atoms with Crippen molar-refractivity contribution < 1.29 is 19.1 Å². The van der Waals surface area contributed by atoms with Gasteiger partial charge in [-0.15, -0.1) is 23.5 Å². The Hall–Kier alpha value is 0.520. The summed E-state index contributed by atoms with van der Waals surface area (Å²) < 4.78 is 10.8. The molecule has 4 nitrogen and oxygen atoms in total. The molecule has 0 spiro atoms. The lowest BCUT2D eigenvalue weighted by Crippen LogP contribution is -2.34. The van der Waals surface area contributed by atoms with Gasteiger partial charge >= 0.3 is 11.9 Å². The minimum atomic E-state index is -0.793. The second kappa shape index (κ2) is 30.4. The number of hydrogen-bond acceptors (Lipinski definition) is 10. The lowest BCUT2D eigenvalue weighted by molar-refractivity contribution is -0.154. The number of carbonyl (C=O) groups excluding carboxylic acids is 2. The number of hydrogen-bond donors (Lipinski definition) is 0. The number of ether oxygens (including phenoxy) is 2. The van der Waals surface area contributed by atoms with Gasteiger partial charge < -0.3 is 9.47 Å². The maximum Gasteiger partial charge on any atom is 0.322 e. The molecule has 0 N–H and O–H groups in total. The molecule has 10 heteroatoms. The van der Waals surface area contributed by atoms with Crippen LogP contribution in [0.1, 0.15) is 170 Å². The fourth-order valence-corrected chi connectivity index (χ4v) is 10.8. The second-order valence-electron chi connectivity index (χ2n) is 13.1. The van der Waals surface area contributed by atoms with Gasteiger partial charge in [0.2, 0.25) is 0 Å². The first-order valence-corrected chi connectivity index (χ1v) is 22.4. The Morgan fingerprint density at radius 1 is 0.478 bits per heavy atom. The standard InChI is InChI=1S/C36H66O4S6/c1-7-9-11-13-15-17-19-21-23-25-29-43-33(41)45-35(3,4)31(37)39-27-28-40-32(38)36(5,6)46-34(42)44-30-26-24-22-20-18-16-14-12-10-8-2/h7-30H2,1-6H3. The van der Waals surface area contributed by atoms with Gasteiger partial charge in [0, 0.05) is 0 Å². The van der Waals surface area contributed by atoms with E-state index < -0.39 is 9.49 Å². The molecule has 0 aliphatic rings. The zero-order valence-corrected chi connectivity index (χ0v) is 35.0. The Morgan fingerprint density at radius 2 is 0.739 bits per heavy atom. The average molecular weight is 755 g/mol. The average Bonchev–Trinajstić information content (AvgIpc) is 3.00. The topological polar surface area (TPSA) is 52.6 Å². The van der Waals surface area contributed by atoms with Crippen LogP contribution in [0.4, 0.5) is 0 Å². The van der Waals surface area contributed by atoms with Crippen LogP contribution < -0.4 is 0 Å². The third-order valence-electron chi connectivity index (χ3n) is 7.65. The van der Waals surface area contributed by atoms with Gasteiger partial charge in [-0.2, -0.15) is 0 Å². The minimum Gasteiger partial charge on any atom is -0.461 e. The number of rotatable bonds is 29. The van der Waals surface area contributed by atoms with Crippen molar-refractivity contribution in [2.45, 2.75) is 179 Å². The molecule has 0 heterocycles. The van der Waals surface area contributed by atoms with E-state index in [4.69, 9.17) is 33.9 Å². The number of carbonyl (C=O) groups is 2. The molecule has 270 valence electrons. The van der Waals surface area contributed by atoms with Crippen molar-refractivity contribution in [3.63, 3.8) is 0 Å². The maximum absolute atomic E-state index is 12.7. The van der Waals surface area contributed by atoms with Gasteiger partial charge in [0.1, 0.15) is 29.8 Å². The van der Waals surface area contributed by atoms with E-state index in [9.17, 15) is 9.59 Å². The van der Waals surface area contributed by atoms with Gasteiger partial charge in [0.25, 0.3) is 0 Å². The second-order valence-corrected chi connectivity index (χ2v) is 20.9. The molecule has 0 radical (unpaired) electrons. The summed E-state index contributed by atoms with van der Waals surface area (Å²) in [4.78, 5) is 25.4. The van der Waals surface area contributed by atoms with Crippen molar-refractivity contribution in [1.82, 2.24) is 0 Å². The molecule has 0 unspecified atom stereocenters. The molecule has 0 aromatic rings.